The lowest BCUT2D eigenvalue weighted by Gasteiger charge is -2.22. The van der Waals surface area contributed by atoms with Gasteiger partial charge in [0.1, 0.15) is 0 Å². The fourth-order valence-corrected chi connectivity index (χ4v) is 3.61. The van der Waals surface area contributed by atoms with Gasteiger partial charge in [-0.05, 0) is 73.4 Å². The summed E-state index contributed by atoms with van der Waals surface area (Å²) < 4.78 is 38.4. The van der Waals surface area contributed by atoms with E-state index in [0.29, 0.717) is 5.56 Å². The molecule has 2 aromatic carbocycles. The van der Waals surface area contributed by atoms with Crippen molar-refractivity contribution in [1.29, 1.82) is 0 Å². The van der Waals surface area contributed by atoms with Crippen LogP contribution in [0, 0.1) is 12.3 Å². The topological polar surface area (TPSA) is 3.24 Å². The minimum absolute atomic E-state index is 0.651. The van der Waals surface area contributed by atoms with Crippen molar-refractivity contribution >= 4 is 22.9 Å². The molecule has 0 saturated heterocycles. The molecule has 0 spiro atoms. The van der Waals surface area contributed by atoms with Crippen LogP contribution in [0.4, 0.5) is 18.9 Å². The van der Waals surface area contributed by atoms with E-state index in [1.165, 1.54) is 12.1 Å². The van der Waals surface area contributed by atoms with Gasteiger partial charge < -0.3 is 4.90 Å². The van der Waals surface area contributed by atoms with E-state index < -0.39 is 11.7 Å². The van der Waals surface area contributed by atoms with Crippen molar-refractivity contribution in [1.82, 2.24) is 0 Å². The summed E-state index contributed by atoms with van der Waals surface area (Å²) in [5.74, 6) is 2.79. The lowest BCUT2D eigenvalue weighted by molar-refractivity contribution is -0.137. The summed E-state index contributed by atoms with van der Waals surface area (Å²) >= 11 is 0. The van der Waals surface area contributed by atoms with Crippen LogP contribution in [-0.2, 0) is 6.18 Å². The Bertz CT molecular complexity index is 982. The third-order valence-corrected chi connectivity index (χ3v) is 5.16. The molecular formula is C24H22F3N. The molecule has 0 unspecified atom stereocenters. The molecule has 1 aliphatic carbocycles. The molecule has 144 valence electrons. The number of allylic oxidation sites excluding steroid dienone is 3. The van der Waals surface area contributed by atoms with Crippen LogP contribution in [0.5, 0.6) is 0 Å². The van der Waals surface area contributed by atoms with Gasteiger partial charge in [-0.3, -0.25) is 0 Å². The van der Waals surface area contributed by atoms with Crippen LogP contribution in [0.1, 0.15) is 43.0 Å². The number of anilines is 1. The van der Waals surface area contributed by atoms with Crippen LogP contribution in [-0.4, -0.2) is 13.1 Å². The molecular weight excluding hydrogens is 359 g/mol. The van der Waals surface area contributed by atoms with Crippen molar-refractivity contribution in [2.75, 3.05) is 18.0 Å². The first-order valence-corrected chi connectivity index (χ1v) is 9.26. The third-order valence-electron chi connectivity index (χ3n) is 5.16. The monoisotopic (exact) mass is 381 g/mol. The molecule has 0 heterocycles. The van der Waals surface area contributed by atoms with E-state index in [9.17, 15) is 13.2 Å². The van der Waals surface area contributed by atoms with Crippen LogP contribution in [0.2, 0.25) is 0 Å². The highest BCUT2D eigenvalue weighted by Gasteiger charge is 2.30. The highest BCUT2D eigenvalue weighted by molar-refractivity contribution is 6.09. The largest absolute Gasteiger partial charge is 0.416 e. The SMILES string of the molecule is C#CC1=C(C)C(=Cc2ccc(C(F)(F)F)cc2)c2ccc(N(CC)CC)cc21. The zero-order valence-corrected chi connectivity index (χ0v) is 16.2. The van der Waals surface area contributed by atoms with Crippen molar-refractivity contribution in [3.05, 3.63) is 70.3 Å². The molecule has 0 fully saturated rings. The predicted octanol–water partition coefficient (Wildman–Crippen LogP) is 6.51. The third kappa shape index (κ3) is 3.57. The van der Waals surface area contributed by atoms with Gasteiger partial charge in [0.25, 0.3) is 0 Å². The number of alkyl halides is 3. The Morgan fingerprint density at radius 3 is 2.18 bits per heavy atom. The Labute approximate surface area is 164 Å². The molecule has 1 nitrogen and oxygen atoms in total. The van der Waals surface area contributed by atoms with Crippen molar-refractivity contribution in [3.8, 4) is 12.3 Å². The number of nitrogens with zero attached hydrogens (tertiary/aromatic N) is 1. The zero-order valence-electron chi connectivity index (χ0n) is 16.2. The van der Waals surface area contributed by atoms with Gasteiger partial charge in [0, 0.05) is 29.9 Å². The van der Waals surface area contributed by atoms with Crippen molar-refractivity contribution < 1.29 is 13.2 Å². The fourth-order valence-electron chi connectivity index (χ4n) is 3.61. The Balaban J connectivity index is 2.06. The van der Waals surface area contributed by atoms with Gasteiger partial charge in [-0.15, -0.1) is 6.42 Å². The van der Waals surface area contributed by atoms with E-state index in [4.69, 9.17) is 6.42 Å². The number of rotatable bonds is 4. The predicted molar refractivity (Wildman–Crippen MR) is 111 cm³/mol. The van der Waals surface area contributed by atoms with Crippen molar-refractivity contribution in [2.24, 2.45) is 0 Å². The minimum atomic E-state index is -4.33. The maximum atomic E-state index is 12.8. The number of benzene rings is 2. The first-order valence-electron chi connectivity index (χ1n) is 9.26. The normalized spacial score (nSPS) is 15.0. The van der Waals surface area contributed by atoms with Crippen LogP contribution >= 0.6 is 0 Å². The quantitative estimate of drug-likeness (QED) is 0.546. The highest BCUT2D eigenvalue weighted by atomic mass is 19.4. The molecule has 0 radical (unpaired) electrons. The van der Waals surface area contributed by atoms with Crippen LogP contribution in [0.15, 0.2) is 48.0 Å². The van der Waals surface area contributed by atoms with Gasteiger partial charge in [-0.2, -0.15) is 13.2 Å². The van der Waals surface area contributed by atoms with Gasteiger partial charge in [0.15, 0.2) is 0 Å². The van der Waals surface area contributed by atoms with Gasteiger partial charge in [-0.25, -0.2) is 0 Å². The standard InChI is InChI=1S/C24H22F3N/c1-5-20-16(4)22(14-17-8-10-18(11-9-17)24(25,26)27)21-13-12-19(15-23(20)21)28(6-2)7-3/h1,8-15H,6-7H2,2-4H3. The number of halogens is 3. The van der Waals surface area contributed by atoms with Crippen molar-refractivity contribution in [3.63, 3.8) is 0 Å². The summed E-state index contributed by atoms with van der Waals surface area (Å²) in [5.41, 5.74) is 5.94. The molecule has 0 aliphatic heterocycles. The maximum Gasteiger partial charge on any atom is 0.416 e. The van der Waals surface area contributed by atoms with E-state index >= 15 is 0 Å². The Kier molecular flexibility index (Phi) is 5.38. The second-order valence-corrected chi connectivity index (χ2v) is 6.72. The smallest absolute Gasteiger partial charge is 0.372 e. The average molecular weight is 381 g/mol. The molecule has 1 aliphatic rings. The van der Waals surface area contributed by atoms with Crippen LogP contribution < -0.4 is 4.90 Å². The van der Waals surface area contributed by atoms with E-state index in [0.717, 1.165) is 58.8 Å². The van der Waals surface area contributed by atoms with Crippen LogP contribution in [0.3, 0.4) is 0 Å². The Morgan fingerprint density at radius 2 is 1.64 bits per heavy atom. The zero-order chi connectivity index (χ0) is 20.5. The molecule has 3 rings (SSSR count). The average Bonchev–Trinajstić information content (AvgIpc) is 2.93. The maximum absolute atomic E-state index is 12.8. The van der Waals surface area contributed by atoms with Gasteiger partial charge in [0.2, 0.25) is 0 Å². The molecule has 2 aromatic rings. The number of terminal acetylenes is 1. The summed E-state index contributed by atoms with van der Waals surface area (Å²) in [7, 11) is 0. The fraction of sp³-hybridized carbons (Fsp3) is 0.250. The lowest BCUT2D eigenvalue weighted by atomic mass is 9.99. The molecule has 4 heteroatoms. The lowest BCUT2D eigenvalue weighted by Crippen LogP contribution is -2.21. The summed E-state index contributed by atoms with van der Waals surface area (Å²) in [4.78, 5) is 2.25. The molecule has 28 heavy (non-hydrogen) atoms. The van der Waals surface area contributed by atoms with E-state index in [1.54, 1.807) is 0 Å². The summed E-state index contributed by atoms with van der Waals surface area (Å²) in [5, 5.41) is 0. The van der Waals surface area contributed by atoms with E-state index in [-0.39, 0.29) is 0 Å². The number of fused-ring (bicyclic) bond motifs is 1. The highest BCUT2D eigenvalue weighted by Crippen LogP contribution is 2.43. The van der Waals surface area contributed by atoms with Gasteiger partial charge >= 0.3 is 6.18 Å². The van der Waals surface area contributed by atoms with E-state index in [2.05, 4.69) is 36.8 Å². The van der Waals surface area contributed by atoms with Crippen LogP contribution in [0.25, 0.3) is 17.2 Å². The Morgan fingerprint density at radius 1 is 1.00 bits per heavy atom. The molecule has 0 aromatic heterocycles. The van der Waals surface area contributed by atoms with Gasteiger partial charge in [0.05, 0.1) is 5.56 Å². The molecule has 0 amide bonds. The molecule has 0 bridgehead atoms. The second-order valence-electron chi connectivity index (χ2n) is 6.72. The molecule has 0 N–H and O–H groups in total. The number of hydrogen-bond acceptors (Lipinski definition) is 1. The number of hydrogen-bond donors (Lipinski definition) is 0. The molecule has 0 atom stereocenters. The first-order chi connectivity index (χ1) is 13.3. The summed E-state index contributed by atoms with van der Waals surface area (Å²) in [6.45, 7) is 7.98. The minimum Gasteiger partial charge on any atom is -0.372 e. The second kappa shape index (κ2) is 7.59. The summed E-state index contributed by atoms with van der Waals surface area (Å²) in [6, 6.07) is 11.4. The first kappa shape index (κ1) is 19.8. The molecule has 0 saturated carbocycles. The van der Waals surface area contributed by atoms with Gasteiger partial charge in [-0.1, -0.05) is 24.1 Å². The van der Waals surface area contributed by atoms with E-state index in [1.807, 2.05) is 19.1 Å². The summed E-state index contributed by atoms with van der Waals surface area (Å²) in [6.07, 6.45) is 3.34. The van der Waals surface area contributed by atoms with Crippen molar-refractivity contribution in [2.45, 2.75) is 26.9 Å². The Hall–Kier alpha value is -2.93.